The van der Waals surface area contributed by atoms with Crippen LogP contribution >= 0.6 is 11.3 Å². The first kappa shape index (κ1) is 11.5. The van der Waals surface area contributed by atoms with E-state index in [1.54, 1.807) is 0 Å². The number of thiophene rings is 1. The second-order valence-electron chi connectivity index (χ2n) is 3.72. The summed E-state index contributed by atoms with van der Waals surface area (Å²) in [5.41, 5.74) is 15.3. The lowest BCUT2D eigenvalue weighted by atomic mass is 10.1. The standard InChI is InChI=1S/C13H13N3S/c1-3-5-10-12(14)11(13(15)17-10)9-7-4-6-8(2)16-9/h1,4,6-7H,5,14-15H2,2H3. The van der Waals surface area contributed by atoms with Gasteiger partial charge in [0, 0.05) is 17.0 Å². The van der Waals surface area contributed by atoms with Crippen LogP contribution in [-0.4, -0.2) is 4.98 Å². The number of terminal acetylenes is 1. The maximum Gasteiger partial charge on any atom is 0.0976 e. The van der Waals surface area contributed by atoms with Crippen LogP contribution in [0.5, 0.6) is 0 Å². The van der Waals surface area contributed by atoms with E-state index in [1.165, 1.54) is 11.3 Å². The van der Waals surface area contributed by atoms with E-state index in [2.05, 4.69) is 10.9 Å². The van der Waals surface area contributed by atoms with Gasteiger partial charge in [0.25, 0.3) is 0 Å². The second kappa shape index (κ2) is 4.48. The third-order valence-corrected chi connectivity index (χ3v) is 3.49. The van der Waals surface area contributed by atoms with Crippen molar-refractivity contribution in [3.05, 3.63) is 28.8 Å². The molecule has 2 heterocycles. The molecule has 3 nitrogen and oxygen atoms in total. The van der Waals surface area contributed by atoms with Crippen molar-refractivity contribution < 1.29 is 0 Å². The normalized spacial score (nSPS) is 10.1. The van der Waals surface area contributed by atoms with Crippen LogP contribution in [0.25, 0.3) is 11.3 Å². The third kappa shape index (κ3) is 2.10. The van der Waals surface area contributed by atoms with E-state index in [0.717, 1.165) is 21.8 Å². The molecule has 2 aromatic rings. The molecule has 2 rings (SSSR count). The van der Waals surface area contributed by atoms with Crippen molar-refractivity contribution in [3.63, 3.8) is 0 Å². The van der Waals surface area contributed by atoms with Crippen molar-refractivity contribution in [2.24, 2.45) is 0 Å². The van der Waals surface area contributed by atoms with Crippen molar-refractivity contribution in [3.8, 4) is 23.6 Å². The zero-order chi connectivity index (χ0) is 12.4. The highest BCUT2D eigenvalue weighted by atomic mass is 32.1. The smallest absolute Gasteiger partial charge is 0.0976 e. The van der Waals surface area contributed by atoms with E-state index in [4.69, 9.17) is 17.9 Å². The molecule has 0 aliphatic rings. The Morgan fingerprint density at radius 3 is 2.82 bits per heavy atom. The van der Waals surface area contributed by atoms with Crippen LogP contribution in [0, 0.1) is 19.3 Å². The molecule has 0 aliphatic heterocycles. The third-order valence-electron chi connectivity index (χ3n) is 2.46. The van der Waals surface area contributed by atoms with Crippen LogP contribution in [0.1, 0.15) is 10.6 Å². The average Bonchev–Trinajstić information content (AvgIpc) is 2.55. The number of pyridine rings is 1. The number of nitrogens with zero attached hydrogens (tertiary/aromatic N) is 1. The SMILES string of the molecule is C#CCc1sc(N)c(-c2cccc(C)n2)c1N. The number of aromatic nitrogens is 1. The Kier molecular flexibility index (Phi) is 3.03. The van der Waals surface area contributed by atoms with Gasteiger partial charge in [-0.25, -0.2) is 0 Å². The van der Waals surface area contributed by atoms with Gasteiger partial charge in [0.1, 0.15) is 0 Å². The summed E-state index contributed by atoms with van der Waals surface area (Å²) in [7, 11) is 0. The minimum atomic E-state index is 0.506. The summed E-state index contributed by atoms with van der Waals surface area (Å²) >= 11 is 1.44. The Hall–Kier alpha value is -1.99. The predicted octanol–water partition coefficient (Wildman–Crippen LogP) is 2.46. The van der Waals surface area contributed by atoms with Crippen LogP contribution in [0.15, 0.2) is 18.2 Å². The van der Waals surface area contributed by atoms with E-state index in [1.807, 2.05) is 25.1 Å². The zero-order valence-electron chi connectivity index (χ0n) is 9.53. The lowest BCUT2D eigenvalue weighted by Crippen LogP contribution is -1.94. The molecule has 17 heavy (non-hydrogen) atoms. The highest BCUT2D eigenvalue weighted by molar-refractivity contribution is 7.17. The molecule has 0 amide bonds. The number of hydrogen-bond acceptors (Lipinski definition) is 4. The largest absolute Gasteiger partial charge is 0.397 e. The highest BCUT2D eigenvalue weighted by Crippen LogP contribution is 2.40. The molecule has 86 valence electrons. The van der Waals surface area contributed by atoms with Crippen LogP contribution in [0.3, 0.4) is 0 Å². The highest BCUT2D eigenvalue weighted by Gasteiger charge is 2.15. The average molecular weight is 243 g/mol. The van der Waals surface area contributed by atoms with E-state index >= 15 is 0 Å². The van der Waals surface area contributed by atoms with Gasteiger partial charge in [-0.3, -0.25) is 4.98 Å². The minimum absolute atomic E-state index is 0.506. The van der Waals surface area contributed by atoms with Crippen LogP contribution < -0.4 is 11.5 Å². The van der Waals surface area contributed by atoms with Gasteiger partial charge in [-0.2, -0.15) is 0 Å². The van der Waals surface area contributed by atoms with Gasteiger partial charge in [-0.15, -0.1) is 23.7 Å². The van der Waals surface area contributed by atoms with Crippen molar-refractivity contribution in [1.29, 1.82) is 0 Å². The number of rotatable bonds is 2. The Balaban J connectivity index is 2.56. The quantitative estimate of drug-likeness (QED) is 0.796. The molecule has 4 N–H and O–H groups in total. The molecule has 0 radical (unpaired) electrons. The molecule has 2 aromatic heterocycles. The zero-order valence-corrected chi connectivity index (χ0v) is 10.3. The molecular formula is C13H13N3S. The van der Waals surface area contributed by atoms with Gasteiger partial charge in [0.15, 0.2) is 0 Å². The lowest BCUT2D eigenvalue weighted by Gasteiger charge is -2.03. The van der Waals surface area contributed by atoms with Crippen molar-refractivity contribution in [2.75, 3.05) is 11.5 Å². The molecule has 0 atom stereocenters. The van der Waals surface area contributed by atoms with Crippen LogP contribution in [0.2, 0.25) is 0 Å². The van der Waals surface area contributed by atoms with E-state index in [0.29, 0.717) is 17.1 Å². The van der Waals surface area contributed by atoms with Gasteiger partial charge in [0.05, 0.1) is 21.9 Å². The first-order valence-corrected chi connectivity index (χ1v) is 5.99. The first-order valence-electron chi connectivity index (χ1n) is 5.17. The van der Waals surface area contributed by atoms with Crippen molar-refractivity contribution in [1.82, 2.24) is 4.98 Å². The topological polar surface area (TPSA) is 64.9 Å². The first-order chi connectivity index (χ1) is 8.13. The molecule has 0 spiro atoms. The fourth-order valence-electron chi connectivity index (χ4n) is 1.68. The second-order valence-corrected chi connectivity index (χ2v) is 4.86. The molecule has 0 aliphatic carbocycles. The molecule has 0 unspecified atom stereocenters. The maximum atomic E-state index is 6.07. The van der Waals surface area contributed by atoms with Crippen LogP contribution in [-0.2, 0) is 6.42 Å². The molecular weight excluding hydrogens is 230 g/mol. The summed E-state index contributed by atoms with van der Waals surface area (Å²) in [6.45, 7) is 1.94. The molecule has 0 saturated heterocycles. The summed E-state index contributed by atoms with van der Waals surface area (Å²) < 4.78 is 0. The fourth-order valence-corrected chi connectivity index (χ4v) is 2.63. The monoisotopic (exact) mass is 243 g/mol. The Bertz CT molecular complexity index is 593. The summed E-state index contributed by atoms with van der Waals surface area (Å²) in [5.74, 6) is 2.58. The summed E-state index contributed by atoms with van der Waals surface area (Å²) in [4.78, 5) is 5.37. The van der Waals surface area contributed by atoms with Gasteiger partial charge >= 0.3 is 0 Å². The number of aryl methyl sites for hydroxylation is 1. The summed E-state index contributed by atoms with van der Waals surface area (Å²) in [6.07, 6.45) is 5.80. The van der Waals surface area contributed by atoms with Crippen molar-refractivity contribution in [2.45, 2.75) is 13.3 Å². The molecule has 0 fully saturated rings. The Morgan fingerprint density at radius 2 is 2.18 bits per heavy atom. The Labute approximate surface area is 104 Å². The van der Waals surface area contributed by atoms with Gasteiger partial charge < -0.3 is 11.5 Å². The minimum Gasteiger partial charge on any atom is -0.397 e. The van der Waals surface area contributed by atoms with E-state index in [9.17, 15) is 0 Å². The lowest BCUT2D eigenvalue weighted by molar-refractivity contribution is 1.21. The summed E-state index contributed by atoms with van der Waals surface area (Å²) in [5, 5.41) is 0.672. The number of nitrogen functional groups attached to an aromatic ring is 2. The molecule has 0 saturated carbocycles. The van der Waals surface area contributed by atoms with Gasteiger partial charge in [0.2, 0.25) is 0 Å². The maximum absolute atomic E-state index is 6.07. The fraction of sp³-hybridized carbons (Fsp3) is 0.154. The predicted molar refractivity (Wildman–Crippen MR) is 73.6 cm³/mol. The van der Waals surface area contributed by atoms with E-state index in [-0.39, 0.29) is 0 Å². The number of nitrogens with two attached hydrogens (primary N) is 2. The molecule has 0 aromatic carbocycles. The molecule has 4 heteroatoms. The van der Waals surface area contributed by atoms with E-state index < -0.39 is 0 Å². The van der Waals surface area contributed by atoms with Crippen molar-refractivity contribution >= 4 is 22.0 Å². The van der Waals surface area contributed by atoms with Gasteiger partial charge in [-0.1, -0.05) is 6.07 Å². The number of anilines is 2. The molecule has 0 bridgehead atoms. The number of hydrogen-bond donors (Lipinski definition) is 2. The van der Waals surface area contributed by atoms with Gasteiger partial charge in [-0.05, 0) is 19.1 Å². The summed E-state index contributed by atoms with van der Waals surface area (Å²) in [6, 6.07) is 5.78. The van der Waals surface area contributed by atoms with Crippen LogP contribution in [0.4, 0.5) is 10.7 Å². The Morgan fingerprint density at radius 1 is 1.41 bits per heavy atom.